The van der Waals surface area contributed by atoms with Gasteiger partial charge in [-0.25, -0.2) is 0 Å². The molecule has 0 bridgehead atoms. The van der Waals surface area contributed by atoms with Gasteiger partial charge in [-0.3, -0.25) is 0 Å². The summed E-state index contributed by atoms with van der Waals surface area (Å²) in [5, 5.41) is 15.2. The van der Waals surface area contributed by atoms with Gasteiger partial charge in [0.25, 0.3) is 0 Å². The molecule has 2 nitrogen and oxygen atoms in total. The number of hydrogen-bond acceptors (Lipinski definition) is 3. The van der Waals surface area contributed by atoms with E-state index in [0.29, 0.717) is 5.56 Å². The van der Waals surface area contributed by atoms with Crippen molar-refractivity contribution in [2.45, 2.75) is 0 Å². The van der Waals surface area contributed by atoms with E-state index < -0.39 is 0 Å². The molecule has 0 aliphatic carbocycles. The molecule has 0 spiro atoms. The largest absolute Gasteiger partial charge is 0.456 e. The molecule has 6 aromatic carbocycles. The van der Waals surface area contributed by atoms with E-state index in [0.717, 1.165) is 55.3 Å². The lowest BCUT2D eigenvalue weighted by Crippen LogP contribution is -1.93. The summed E-state index contributed by atoms with van der Waals surface area (Å²) in [7, 11) is 0. The monoisotopic (exact) mass is 527 g/mol. The lowest BCUT2D eigenvalue weighted by atomic mass is 9.88. The molecule has 0 amide bonds. The molecule has 8 aromatic rings. The average molecular weight is 528 g/mol. The van der Waals surface area contributed by atoms with Gasteiger partial charge in [0, 0.05) is 42.1 Å². The molecule has 186 valence electrons. The van der Waals surface area contributed by atoms with Crippen LogP contribution < -0.4 is 0 Å². The maximum Gasteiger partial charge on any atom is 0.135 e. The standard InChI is InChI=1S/C37H21NOS/c38-22-33-29(23-8-2-1-3-9-23)20-26(24-15-17-37-32(18-24)28-11-5-7-13-36(28)40-37)21-30(33)25-14-16-35-31(19-25)27-10-4-6-12-34(27)39-35/h1-21H. The Balaban J connectivity index is 1.40. The van der Waals surface area contributed by atoms with Crippen LogP contribution in [0.1, 0.15) is 5.56 Å². The highest BCUT2D eigenvalue weighted by atomic mass is 32.1. The minimum atomic E-state index is 0.671. The van der Waals surface area contributed by atoms with Gasteiger partial charge in [-0.2, -0.15) is 5.26 Å². The minimum Gasteiger partial charge on any atom is -0.456 e. The molecule has 2 aromatic heterocycles. The van der Waals surface area contributed by atoms with Gasteiger partial charge >= 0.3 is 0 Å². The molecule has 0 fully saturated rings. The highest BCUT2D eigenvalue weighted by Crippen LogP contribution is 2.41. The number of nitrogens with zero attached hydrogens (tertiary/aromatic N) is 1. The third-order valence-electron chi connectivity index (χ3n) is 7.73. The lowest BCUT2D eigenvalue weighted by molar-refractivity contribution is 0.669. The first-order valence-electron chi connectivity index (χ1n) is 13.2. The Morgan fingerprint density at radius 2 is 1.12 bits per heavy atom. The molecule has 0 unspecified atom stereocenters. The van der Waals surface area contributed by atoms with E-state index in [2.05, 4.69) is 91.0 Å². The Hall–Kier alpha value is -5.17. The molecule has 40 heavy (non-hydrogen) atoms. The molecule has 0 aliphatic heterocycles. The fourth-order valence-corrected chi connectivity index (χ4v) is 6.89. The number of fused-ring (bicyclic) bond motifs is 6. The summed E-state index contributed by atoms with van der Waals surface area (Å²) in [6, 6.07) is 46.7. The van der Waals surface area contributed by atoms with Gasteiger partial charge in [0.1, 0.15) is 17.2 Å². The highest BCUT2D eigenvalue weighted by Gasteiger charge is 2.17. The van der Waals surface area contributed by atoms with Crippen molar-refractivity contribution < 1.29 is 4.42 Å². The number of benzene rings is 6. The van der Waals surface area contributed by atoms with Crippen LogP contribution in [-0.2, 0) is 0 Å². The molecular weight excluding hydrogens is 506 g/mol. The van der Waals surface area contributed by atoms with Gasteiger partial charge in [0.05, 0.1) is 5.56 Å². The molecule has 0 atom stereocenters. The second-order valence-corrected chi connectivity index (χ2v) is 11.1. The Kier molecular flexibility index (Phi) is 5.10. The number of rotatable bonds is 3. The number of thiophene rings is 1. The van der Waals surface area contributed by atoms with Gasteiger partial charge in [-0.15, -0.1) is 11.3 Å². The van der Waals surface area contributed by atoms with Gasteiger partial charge < -0.3 is 4.42 Å². The Labute approximate surface area is 235 Å². The number of para-hydroxylation sites is 1. The SMILES string of the molecule is N#Cc1c(-c2ccccc2)cc(-c2ccc3sc4ccccc4c3c2)cc1-c1ccc2oc3ccccc3c2c1. The first-order chi connectivity index (χ1) is 19.8. The third-order valence-corrected chi connectivity index (χ3v) is 8.88. The molecule has 2 heterocycles. The minimum absolute atomic E-state index is 0.671. The van der Waals surface area contributed by atoms with Crippen molar-refractivity contribution in [3.8, 4) is 39.4 Å². The lowest BCUT2D eigenvalue weighted by Gasteiger charge is -2.14. The van der Waals surface area contributed by atoms with Gasteiger partial charge in [0.15, 0.2) is 0 Å². The smallest absolute Gasteiger partial charge is 0.135 e. The van der Waals surface area contributed by atoms with Crippen LogP contribution >= 0.6 is 11.3 Å². The van der Waals surface area contributed by atoms with E-state index in [1.165, 1.54) is 20.2 Å². The quantitative estimate of drug-likeness (QED) is 0.229. The number of nitriles is 1. The topological polar surface area (TPSA) is 36.9 Å². The summed E-state index contributed by atoms with van der Waals surface area (Å²) >= 11 is 1.82. The van der Waals surface area contributed by atoms with Crippen molar-refractivity contribution in [1.82, 2.24) is 0 Å². The van der Waals surface area contributed by atoms with Crippen molar-refractivity contribution in [3.05, 3.63) is 133 Å². The Bertz CT molecular complexity index is 2280. The maximum absolute atomic E-state index is 10.5. The normalized spacial score (nSPS) is 11.5. The molecule has 0 N–H and O–H groups in total. The van der Waals surface area contributed by atoms with E-state index in [4.69, 9.17) is 4.42 Å². The van der Waals surface area contributed by atoms with Crippen LogP contribution in [0.3, 0.4) is 0 Å². The second kappa shape index (κ2) is 8.95. The first-order valence-corrected chi connectivity index (χ1v) is 14.1. The van der Waals surface area contributed by atoms with E-state index in [9.17, 15) is 5.26 Å². The third kappa shape index (κ3) is 3.55. The predicted molar refractivity (Wildman–Crippen MR) is 168 cm³/mol. The zero-order valence-corrected chi connectivity index (χ0v) is 22.2. The van der Waals surface area contributed by atoms with Crippen LogP contribution in [0.15, 0.2) is 132 Å². The van der Waals surface area contributed by atoms with Crippen molar-refractivity contribution in [3.63, 3.8) is 0 Å². The van der Waals surface area contributed by atoms with E-state index in [1.807, 2.05) is 53.8 Å². The predicted octanol–water partition coefficient (Wildman–Crippen LogP) is 10.8. The van der Waals surface area contributed by atoms with Crippen LogP contribution in [-0.4, -0.2) is 0 Å². The summed E-state index contributed by atoms with van der Waals surface area (Å²) in [5.74, 6) is 0. The molecule has 0 radical (unpaired) electrons. The van der Waals surface area contributed by atoms with Crippen molar-refractivity contribution in [2.24, 2.45) is 0 Å². The summed E-state index contributed by atoms with van der Waals surface area (Å²) in [6.07, 6.45) is 0. The Morgan fingerprint density at radius 1 is 0.475 bits per heavy atom. The molecule has 3 heteroatoms. The zero-order chi connectivity index (χ0) is 26.6. The van der Waals surface area contributed by atoms with Crippen LogP contribution in [0.5, 0.6) is 0 Å². The highest BCUT2D eigenvalue weighted by molar-refractivity contribution is 7.25. The van der Waals surface area contributed by atoms with Gasteiger partial charge in [-0.05, 0) is 70.8 Å². The fourth-order valence-electron chi connectivity index (χ4n) is 5.80. The molecule has 0 saturated heterocycles. The molecule has 0 saturated carbocycles. The second-order valence-electron chi connectivity index (χ2n) is 10.0. The Morgan fingerprint density at radius 3 is 1.98 bits per heavy atom. The molecular formula is C37H21NOS. The number of hydrogen-bond donors (Lipinski definition) is 0. The summed E-state index contributed by atoms with van der Waals surface area (Å²) in [6.45, 7) is 0. The zero-order valence-electron chi connectivity index (χ0n) is 21.4. The van der Waals surface area contributed by atoms with E-state index >= 15 is 0 Å². The van der Waals surface area contributed by atoms with Gasteiger partial charge in [-0.1, -0.05) is 78.9 Å². The van der Waals surface area contributed by atoms with E-state index in [-0.39, 0.29) is 0 Å². The van der Waals surface area contributed by atoms with Crippen molar-refractivity contribution in [1.29, 1.82) is 5.26 Å². The van der Waals surface area contributed by atoms with Crippen molar-refractivity contribution >= 4 is 53.4 Å². The summed E-state index contributed by atoms with van der Waals surface area (Å²) in [4.78, 5) is 0. The summed E-state index contributed by atoms with van der Waals surface area (Å²) < 4.78 is 8.66. The van der Waals surface area contributed by atoms with Crippen LogP contribution in [0.25, 0.3) is 75.5 Å². The molecule has 8 rings (SSSR count). The maximum atomic E-state index is 10.5. The van der Waals surface area contributed by atoms with E-state index in [1.54, 1.807) is 0 Å². The summed E-state index contributed by atoms with van der Waals surface area (Å²) in [5.41, 5.74) is 8.48. The van der Waals surface area contributed by atoms with Gasteiger partial charge in [0.2, 0.25) is 0 Å². The van der Waals surface area contributed by atoms with Crippen LogP contribution in [0.4, 0.5) is 0 Å². The van der Waals surface area contributed by atoms with Crippen LogP contribution in [0, 0.1) is 11.3 Å². The molecule has 0 aliphatic rings. The number of furan rings is 1. The van der Waals surface area contributed by atoms with Crippen molar-refractivity contribution in [2.75, 3.05) is 0 Å². The van der Waals surface area contributed by atoms with Crippen LogP contribution in [0.2, 0.25) is 0 Å². The fraction of sp³-hybridized carbons (Fsp3) is 0. The average Bonchev–Trinajstić information content (AvgIpc) is 3.58. The first kappa shape index (κ1) is 22.8.